The van der Waals surface area contributed by atoms with Gasteiger partial charge in [-0.1, -0.05) is 90.0 Å². The summed E-state index contributed by atoms with van der Waals surface area (Å²) in [5, 5.41) is 2.91. The molecule has 0 heterocycles. The number of hydrogen-bond donors (Lipinski definition) is 0. The first-order valence-electron chi connectivity index (χ1n) is 17.1. The molecule has 242 valence electrons. The zero-order chi connectivity index (χ0) is 33.9. The second-order valence-corrected chi connectivity index (χ2v) is 16.4. The number of aryl methyl sites for hydroxylation is 8. The van der Waals surface area contributed by atoms with E-state index in [1.54, 1.807) is 0 Å². The summed E-state index contributed by atoms with van der Waals surface area (Å²) in [6.07, 6.45) is 2.38. The molecule has 6 aromatic rings. The van der Waals surface area contributed by atoms with Crippen LogP contribution >= 0.6 is 17.2 Å². The van der Waals surface area contributed by atoms with E-state index in [1.807, 2.05) is 0 Å². The molecule has 0 aliphatic heterocycles. The van der Waals surface area contributed by atoms with Crippen molar-refractivity contribution in [3.63, 3.8) is 0 Å². The van der Waals surface area contributed by atoms with Crippen LogP contribution in [0.4, 0.5) is 0 Å². The molecule has 0 aliphatic carbocycles. The first-order chi connectivity index (χ1) is 23.1. The molecular weight excluding hydrogens is 614 g/mol. The van der Waals surface area contributed by atoms with Crippen molar-refractivity contribution in [2.75, 3.05) is 12.3 Å². The maximum atomic E-state index is 2.47. The third-order valence-electron chi connectivity index (χ3n) is 9.73. The van der Waals surface area contributed by atoms with E-state index in [0.717, 1.165) is 17.2 Å². The number of rotatable bonds is 9. The minimum absolute atomic E-state index is 0.765. The van der Waals surface area contributed by atoms with Crippen molar-refractivity contribution in [3.8, 4) is 44.5 Å². The zero-order valence-electron chi connectivity index (χ0n) is 29.8. The number of hydrogen-bond acceptors (Lipinski definition) is 0. The Balaban J connectivity index is 1.32. The van der Waals surface area contributed by atoms with Gasteiger partial charge in [0.25, 0.3) is 0 Å². The molecule has 0 amide bonds. The molecule has 0 fully saturated rings. The molecule has 2 heteroatoms. The van der Waals surface area contributed by atoms with Gasteiger partial charge in [0.1, 0.15) is 0 Å². The van der Waals surface area contributed by atoms with Gasteiger partial charge in [-0.3, -0.25) is 0 Å². The molecule has 0 aliphatic rings. The maximum absolute atomic E-state index is 2.47. The molecule has 0 aromatic heterocycles. The fourth-order valence-electron chi connectivity index (χ4n) is 7.53. The summed E-state index contributed by atoms with van der Waals surface area (Å²) in [6.45, 7) is 18.0. The summed E-state index contributed by atoms with van der Waals surface area (Å²) in [5.74, 6) is 0. The first-order valence-corrected chi connectivity index (χ1v) is 19.6. The molecule has 0 saturated carbocycles. The molecule has 6 rings (SSSR count). The highest BCUT2D eigenvalue weighted by molar-refractivity contribution is 7.51. The molecule has 0 nitrogen and oxygen atoms in total. The van der Waals surface area contributed by atoms with Crippen LogP contribution in [0.2, 0.25) is 0 Å². The van der Waals surface area contributed by atoms with Gasteiger partial charge in [0.2, 0.25) is 0 Å². The van der Waals surface area contributed by atoms with E-state index in [9.17, 15) is 0 Å². The lowest BCUT2D eigenvalue weighted by atomic mass is 9.90. The molecule has 0 radical (unpaired) electrons. The highest BCUT2D eigenvalue weighted by Crippen LogP contribution is 2.37. The predicted octanol–water partition coefficient (Wildman–Crippen LogP) is 12.1. The second-order valence-electron chi connectivity index (χ2n) is 13.5. The molecule has 0 N–H and O–H groups in total. The van der Waals surface area contributed by atoms with Crippen molar-refractivity contribution in [1.82, 2.24) is 0 Å². The smallest absolute Gasteiger partial charge is 0.0125 e. The van der Waals surface area contributed by atoms with E-state index in [1.165, 1.54) is 112 Å². The van der Waals surface area contributed by atoms with Gasteiger partial charge in [-0.05, 0) is 204 Å². The van der Waals surface area contributed by atoms with Crippen LogP contribution in [0.5, 0.6) is 0 Å². The summed E-state index contributed by atoms with van der Waals surface area (Å²) in [6, 6.07) is 41.4. The molecule has 2 unspecified atom stereocenters. The van der Waals surface area contributed by atoms with Crippen molar-refractivity contribution in [3.05, 3.63) is 154 Å². The molecule has 0 spiro atoms. The van der Waals surface area contributed by atoms with Crippen molar-refractivity contribution in [2.45, 2.75) is 55.4 Å². The Morgan fingerprint density at radius 1 is 0.312 bits per heavy atom. The fourth-order valence-corrected chi connectivity index (χ4v) is 10.1. The summed E-state index contributed by atoms with van der Waals surface area (Å²) >= 11 is 0. The third kappa shape index (κ3) is 7.27. The summed E-state index contributed by atoms with van der Waals surface area (Å²) in [5.41, 5.74) is 21.6. The van der Waals surface area contributed by atoms with E-state index in [4.69, 9.17) is 0 Å². The van der Waals surface area contributed by atoms with E-state index < -0.39 is 0 Å². The Bertz CT molecular complexity index is 1740. The van der Waals surface area contributed by atoms with Crippen LogP contribution in [0.15, 0.2) is 109 Å². The van der Waals surface area contributed by atoms with E-state index in [0.29, 0.717) is 0 Å². The monoisotopic (exact) mass is 662 g/mol. The Morgan fingerprint density at radius 3 is 0.729 bits per heavy atom. The van der Waals surface area contributed by atoms with Crippen molar-refractivity contribution in [2.24, 2.45) is 0 Å². The van der Waals surface area contributed by atoms with Crippen LogP contribution in [0, 0.1) is 55.4 Å². The maximum Gasteiger partial charge on any atom is -0.0125 e. The average molecular weight is 663 g/mol. The number of benzene rings is 6. The highest BCUT2D eigenvalue weighted by atomic mass is 31.1. The van der Waals surface area contributed by atoms with E-state index in [2.05, 4.69) is 165 Å². The Hall–Kier alpha value is -3.82. The largest absolute Gasteiger partial charge is 0.0900 e. The standard InChI is InChI=1S/C46H48P2/c1-29-13-9-14-30(2)43(29)37-23-38(44-31(3)15-10-16-32(44)4)26-41(25-37)47-21-22-48-42-27-39(45-33(5)17-11-18-34(45)6)24-40(28-42)46-35(7)19-12-20-36(46)8/h9-20,23-28,47-48H,21-22H2,1-8H3. The summed E-state index contributed by atoms with van der Waals surface area (Å²) in [7, 11) is 1.53. The van der Waals surface area contributed by atoms with Crippen LogP contribution in [-0.4, -0.2) is 12.3 Å². The van der Waals surface area contributed by atoms with Gasteiger partial charge in [-0.25, -0.2) is 0 Å². The van der Waals surface area contributed by atoms with Gasteiger partial charge in [0.15, 0.2) is 0 Å². The summed E-state index contributed by atoms with van der Waals surface area (Å²) < 4.78 is 0. The topological polar surface area (TPSA) is 0 Å². The molecule has 0 saturated heterocycles. The van der Waals surface area contributed by atoms with Crippen LogP contribution in [0.3, 0.4) is 0 Å². The normalized spacial score (nSPS) is 11.8. The lowest BCUT2D eigenvalue weighted by molar-refractivity contribution is 1.36. The third-order valence-corrected chi connectivity index (χ3v) is 12.6. The van der Waals surface area contributed by atoms with E-state index in [-0.39, 0.29) is 0 Å². The highest BCUT2D eigenvalue weighted by Gasteiger charge is 2.14. The average Bonchev–Trinajstić information content (AvgIpc) is 3.03. The molecule has 2 atom stereocenters. The zero-order valence-corrected chi connectivity index (χ0v) is 31.8. The Morgan fingerprint density at radius 2 is 0.521 bits per heavy atom. The van der Waals surface area contributed by atoms with Crippen LogP contribution < -0.4 is 10.6 Å². The van der Waals surface area contributed by atoms with Gasteiger partial charge in [0, 0.05) is 0 Å². The minimum Gasteiger partial charge on any atom is -0.0900 e. The molecule has 0 bridgehead atoms. The quantitative estimate of drug-likeness (QED) is 0.107. The van der Waals surface area contributed by atoms with Gasteiger partial charge in [-0.2, -0.15) is 0 Å². The molecule has 6 aromatic carbocycles. The van der Waals surface area contributed by atoms with Crippen molar-refractivity contribution in [1.29, 1.82) is 0 Å². The van der Waals surface area contributed by atoms with E-state index >= 15 is 0 Å². The Kier molecular flexibility index (Phi) is 10.5. The molecular formula is C46H48P2. The first kappa shape index (κ1) is 34.1. The van der Waals surface area contributed by atoms with Crippen LogP contribution in [0.25, 0.3) is 44.5 Å². The van der Waals surface area contributed by atoms with Gasteiger partial charge in [-0.15, -0.1) is 0 Å². The van der Waals surface area contributed by atoms with Gasteiger partial charge in [0.05, 0.1) is 0 Å². The van der Waals surface area contributed by atoms with Crippen LogP contribution in [0.1, 0.15) is 44.5 Å². The summed E-state index contributed by atoms with van der Waals surface area (Å²) in [4.78, 5) is 0. The lowest BCUT2D eigenvalue weighted by Gasteiger charge is -2.17. The lowest BCUT2D eigenvalue weighted by Crippen LogP contribution is -2.04. The van der Waals surface area contributed by atoms with Crippen molar-refractivity contribution >= 4 is 27.8 Å². The van der Waals surface area contributed by atoms with Gasteiger partial charge < -0.3 is 0 Å². The minimum atomic E-state index is 0.765. The SMILES string of the molecule is Cc1cccc(C)c1-c1cc(PCCPc2cc(-c3c(C)cccc3C)cc(-c3c(C)cccc3C)c2)cc(-c2c(C)cccc2C)c1. The van der Waals surface area contributed by atoms with Gasteiger partial charge >= 0.3 is 0 Å². The Labute approximate surface area is 292 Å². The molecule has 48 heavy (non-hydrogen) atoms. The van der Waals surface area contributed by atoms with Crippen molar-refractivity contribution < 1.29 is 0 Å². The fraction of sp³-hybridized carbons (Fsp3) is 0.217. The predicted molar refractivity (Wildman–Crippen MR) is 218 cm³/mol. The second kappa shape index (κ2) is 14.7. The van der Waals surface area contributed by atoms with Crippen LogP contribution in [-0.2, 0) is 0 Å².